The highest BCUT2D eigenvalue weighted by Crippen LogP contribution is 2.32. The maximum absolute atomic E-state index is 3.55. The van der Waals surface area contributed by atoms with Crippen molar-refractivity contribution in [3.8, 4) is 16.9 Å². The fourth-order valence-electron chi connectivity index (χ4n) is 3.38. The molecule has 0 fully saturated rings. The quantitative estimate of drug-likeness (QED) is 0.484. The van der Waals surface area contributed by atoms with Gasteiger partial charge < -0.3 is 17.0 Å². The van der Waals surface area contributed by atoms with Crippen LogP contribution >= 0.6 is 27.7 Å². The molecule has 0 aliphatic carbocycles. The summed E-state index contributed by atoms with van der Waals surface area (Å²) in [4.78, 5) is 0. The van der Waals surface area contributed by atoms with Gasteiger partial charge in [0.2, 0.25) is 0 Å². The molecule has 1 aliphatic heterocycles. The van der Waals surface area contributed by atoms with Crippen molar-refractivity contribution in [1.29, 1.82) is 0 Å². The number of thioether (sulfide) groups is 1. The van der Waals surface area contributed by atoms with Crippen molar-refractivity contribution < 1.29 is 21.5 Å². The lowest BCUT2D eigenvalue weighted by Gasteiger charge is -2.19. The molecule has 0 bridgehead atoms. The summed E-state index contributed by atoms with van der Waals surface area (Å²) in [7, 11) is 0. The van der Waals surface area contributed by atoms with E-state index in [1.54, 1.807) is 0 Å². The van der Waals surface area contributed by atoms with Gasteiger partial charge in [0, 0.05) is 15.8 Å². The Morgan fingerprint density at radius 2 is 1.67 bits per heavy atom. The van der Waals surface area contributed by atoms with Crippen LogP contribution in [-0.2, 0) is 12.0 Å². The first-order chi connectivity index (χ1) is 12.4. The van der Waals surface area contributed by atoms with Gasteiger partial charge in [-0.1, -0.05) is 48.8 Å². The molecule has 0 amide bonds. The molecule has 5 heteroatoms. The van der Waals surface area contributed by atoms with Gasteiger partial charge in [-0.2, -0.15) is 4.57 Å². The zero-order chi connectivity index (χ0) is 18.3. The molecule has 4 rings (SSSR count). The van der Waals surface area contributed by atoms with Crippen LogP contribution in [0, 0.1) is 0 Å². The zero-order valence-electron chi connectivity index (χ0n) is 15.9. The van der Waals surface area contributed by atoms with Crippen molar-refractivity contribution in [2.45, 2.75) is 44.3 Å². The normalized spacial score (nSPS) is 13.8. The molecule has 2 aromatic carbocycles. The third-order valence-electron chi connectivity index (χ3n) is 4.86. The van der Waals surface area contributed by atoms with Crippen molar-refractivity contribution in [3.63, 3.8) is 0 Å². The zero-order valence-corrected chi connectivity index (χ0v) is 19.9. The molecule has 0 unspecified atom stereocenters. The molecule has 0 N–H and O–H groups in total. The van der Waals surface area contributed by atoms with Gasteiger partial charge in [-0.15, -0.1) is 0 Å². The SMILES string of the molecule is CC(C)(C)c1ccc(-n2c(-c3ccc(Br)cc3)c[n+]3c2SCCC3)cc1.[Br-]. The van der Waals surface area contributed by atoms with E-state index in [-0.39, 0.29) is 22.4 Å². The Labute approximate surface area is 184 Å². The summed E-state index contributed by atoms with van der Waals surface area (Å²) in [6, 6.07) is 17.7. The van der Waals surface area contributed by atoms with Gasteiger partial charge in [0.25, 0.3) is 0 Å². The van der Waals surface area contributed by atoms with E-state index < -0.39 is 0 Å². The number of nitrogens with zero attached hydrogens (tertiary/aromatic N) is 2. The summed E-state index contributed by atoms with van der Waals surface area (Å²) < 4.78 is 5.93. The molecule has 0 radical (unpaired) electrons. The van der Waals surface area contributed by atoms with Gasteiger partial charge in [-0.25, -0.2) is 4.57 Å². The first-order valence-electron chi connectivity index (χ1n) is 9.08. The van der Waals surface area contributed by atoms with E-state index in [0.29, 0.717) is 0 Å². The molecule has 1 aromatic heterocycles. The Kier molecular flexibility index (Phi) is 6.24. The summed E-state index contributed by atoms with van der Waals surface area (Å²) in [6.45, 7) is 7.88. The van der Waals surface area contributed by atoms with E-state index in [1.807, 2.05) is 11.8 Å². The van der Waals surface area contributed by atoms with Crippen molar-refractivity contribution in [2.24, 2.45) is 0 Å². The molecule has 1 aliphatic rings. The number of benzene rings is 2. The maximum atomic E-state index is 3.55. The van der Waals surface area contributed by atoms with Gasteiger partial charge >= 0.3 is 5.16 Å². The first kappa shape index (κ1) is 20.7. The van der Waals surface area contributed by atoms with Crippen LogP contribution in [-0.4, -0.2) is 10.3 Å². The number of aryl methyl sites for hydroxylation is 1. The summed E-state index contributed by atoms with van der Waals surface area (Å²) in [5.41, 5.74) is 5.28. The van der Waals surface area contributed by atoms with Gasteiger partial charge in [0.05, 0.1) is 6.54 Å². The largest absolute Gasteiger partial charge is 1.00 e. The standard InChI is InChI=1S/C22H24BrN2S.BrH/c1-22(2,3)17-7-11-19(12-8-17)25-20(16-5-9-18(23)10-6-16)15-24-13-4-14-26-21(24)25;/h5-12,15H,4,13-14H2,1-3H3;1H/q+1;/p-1. The third-order valence-corrected chi connectivity index (χ3v) is 6.56. The fourth-order valence-corrected chi connectivity index (χ4v) is 4.75. The van der Waals surface area contributed by atoms with Gasteiger partial charge in [-0.05, 0) is 65.6 Å². The van der Waals surface area contributed by atoms with Gasteiger partial charge in [0.15, 0.2) is 5.69 Å². The number of hydrogen-bond donors (Lipinski definition) is 0. The Hall–Kier alpha value is -1.04. The van der Waals surface area contributed by atoms with Crippen LogP contribution in [0.15, 0.2) is 64.4 Å². The van der Waals surface area contributed by atoms with E-state index >= 15 is 0 Å². The van der Waals surface area contributed by atoms with Gasteiger partial charge in [0.1, 0.15) is 11.9 Å². The van der Waals surface area contributed by atoms with Crippen LogP contribution in [0.1, 0.15) is 32.8 Å². The molecule has 142 valence electrons. The number of hydrogen-bond acceptors (Lipinski definition) is 1. The smallest absolute Gasteiger partial charge is 0.323 e. The fraction of sp³-hybridized carbons (Fsp3) is 0.318. The molecule has 0 atom stereocenters. The Morgan fingerprint density at radius 1 is 1.00 bits per heavy atom. The maximum Gasteiger partial charge on any atom is 0.323 e. The Balaban J connectivity index is 0.00000210. The highest BCUT2D eigenvalue weighted by atomic mass is 79.9. The summed E-state index contributed by atoms with van der Waals surface area (Å²) in [5.74, 6) is 1.18. The number of aromatic nitrogens is 2. The molecule has 2 nitrogen and oxygen atoms in total. The lowest BCUT2D eigenvalue weighted by Crippen LogP contribution is -3.00. The highest BCUT2D eigenvalue weighted by molar-refractivity contribution is 9.10. The lowest BCUT2D eigenvalue weighted by molar-refractivity contribution is -0.734. The van der Waals surface area contributed by atoms with Crippen LogP contribution in [0.3, 0.4) is 0 Å². The van der Waals surface area contributed by atoms with Crippen molar-refractivity contribution in [1.82, 2.24) is 4.57 Å². The number of rotatable bonds is 2. The molecule has 0 saturated heterocycles. The number of fused-ring (bicyclic) bond motifs is 1. The number of imidazole rings is 1. The number of halogens is 2. The van der Waals surface area contributed by atoms with Crippen LogP contribution in [0.4, 0.5) is 0 Å². The summed E-state index contributed by atoms with van der Waals surface area (Å²) in [6.07, 6.45) is 3.54. The Bertz CT molecular complexity index is 923. The third kappa shape index (κ3) is 4.20. The molecule has 0 saturated carbocycles. The van der Waals surface area contributed by atoms with Gasteiger partial charge in [-0.3, -0.25) is 0 Å². The average Bonchev–Trinajstić information content (AvgIpc) is 3.01. The first-order valence-corrected chi connectivity index (χ1v) is 10.9. The second-order valence-corrected chi connectivity index (χ2v) is 9.81. The summed E-state index contributed by atoms with van der Waals surface area (Å²) in [5, 5.41) is 1.33. The lowest BCUT2D eigenvalue weighted by atomic mass is 9.87. The van der Waals surface area contributed by atoms with E-state index in [2.05, 4.69) is 101 Å². The topological polar surface area (TPSA) is 8.81 Å². The molecule has 27 heavy (non-hydrogen) atoms. The Morgan fingerprint density at radius 3 is 2.30 bits per heavy atom. The minimum absolute atomic E-state index is 0. The second kappa shape index (κ2) is 8.14. The van der Waals surface area contributed by atoms with E-state index in [9.17, 15) is 0 Å². The molecular formula is C22H24Br2N2S. The predicted molar refractivity (Wildman–Crippen MR) is 113 cm³/mol. The highest BCUT2D eigenvalue weighted by Gasteiger charge is 2.29. The van der Waals surface area contributed by atoms with E-state index in [4.69, 9.17) is 0 Å². The van der Waals surface area contributed by atoms with Crippen molar-refractivity contribution in [3.05, 3.63) is 64.8 Å². The minimum Gasteiger partial charge on any atom is -1.00 e. The monoisotopic (exact) mass is 506 g/mol. The predicted octanol–water partition coefficient (Wildman–Crippen LogP) is 2.99. The molecular weight excluding hydrogens is 484 g/mol. The van der Waals surface area contributed by atoms with Crippen LogP contribution in [0.2, 0.25) is 0 Å². The van der Waals surface area contributed by atoms with Crippen LogP contribution < -0.4 is 21.5 Å². The average molecular weight is 508 g/mol. The van der Waals surface area contributed by atoms with Crippen molar-refractivity contribution in [2.75, 3.05) is 5.75 Å². The summed E-state index contributed by atoms with van der Waals surface area (Å²) >= 11 is 5.50. The molecule has 2 heterocycles. The van der Waals surface area contributed by atoms with Crippen LogP contribution in [0.5, 0.6) is 0 Å². The second-order valence-electron chi connectivity index (χ2n) is 7.83. The minimum atomic E-state index is 0. The van der Waals surface area contributed by atoms with E-state index in [0.717, 1.165) is 11.0 Å². The van der Waals surface area contributed by atoms with Crippen molar-refractivity contribution >= 4 is 27.7 Å². The molecule has 0 spiro atoms. The van der Waals surface area contributed by atoms with E-state index in [1.165, 1.54) is 39.8 Å². The van der Waals surface area contributed by atoms with Crippen LogP contribution in [0.25, 0.3) is 16.9 Å². The molecule has 3 aromatic rings.